The second-order valence-electron chi connectivity index (χ2n) is 8.85. The standard InChI is InChI=1S/C24H23F2N9/c25-17-3-2-15(8-18(17)26)19-9-16(11-35-14-33-21-22(28)31-13-32-23(21)35)20(10-30-19)34-7-1-4-24(29,12-34)5-6-27/h2-3,8-10,13-14H,1,4-5,7,11-12,29H2,(H2,28,31,32). The highest BCUT2D eigenvalue weighted by atomic mass is 19.2. The summed E-state index contributed by atoms with van der Waals surface area (Å²) in [6.07, 6.45) is 6.57. The maximum atomic E-state index is 13.9. The first-order valence-electron chi connectivity index (χ1n) is 11.1. The highest BCUT2D eigenvalue weighted by molar-refractivity contribution is 5.81. The SMILES string of the molecule is N#CCC1(N)CCCN(c2cnc(-c3ccc(F)c(F)c3)cc2Cn2cnc3c(N)ncnc32)C1. The maximum absolute atomic E-state index is 13.9. The van der Waals surface area contributed by atoms with Crippen LogP contribution in [0.5, 0.6) is 0 Å². The average molecular weight is 476 g/mol. The highest BCUT2D eigenvalue weighted by Crippen LogP contribution is 2.32. The minimum Gasteiger partial charge on any atom is -0.382 e. The first-order chi connectivity index (χ1) is 16.9. The minimum absolute atomic E-state index is 0.252. The van der Waals surface area contributed by atoms with Crippen molar-refractivity contribution in [2.75, 3.05) is 23.7 Å². The van der Waals surface area contributed by atoms with Gasteiger partial charge in [0.2, 0.25) is 0 Å². The van der Waals surface area contributed by atoms with E-state index in [2.05, 4.69) is 30.9 Å². The van der Waals surface area contributed by atoms with E-state index in [-0.39, 0.29) is 12.2 Å². The molecule has 35 heavy (non-hydrogen) atoms. The Labute approximate surface area is 200 Å². The zero-order valence-corrected chi connectivity index (χ0v) is 18.8. The lowest BCUT2D eigenvalue weighted by molar-refractivity contribution is 0.350. The van der Waals surface area contributed by atoms with Crippen molar-refractivity contribution in [1.82, 2.24) is 24.5 Å². The molecule has 1 unspecified atom stereocenters. The number of nitrogen functional groups attached to an aromatic ring is 1. The number of halogens is 2. The van der Waals surface area contributed by atoms with Crippen LogP contribution in [0.25, 0.3) is 22.4 Å². The molecule has 3 aromatic heterocycles. The van der Waals surface area contributed by atoms with Crippen molar-refractivity contribution in [3.05, 3.63) is 60.3 Å². The van der Waals surface area contributed by atoms with Crippen LogP contribution in [0.15, 0.2) is 43.1 Å². The van der Waals surface area contributed by atoms with Gasteiger partial charge in [0.15, 0.2) is 23.1 Å². The molecule has 1 aliphatic rings. The largest absolute Gasteiger partial charge is 0.382 e. The number of nitriles is 1. The number of fused-ring (bicyclic) bond motifs is 1. The van der Waals surface area contributed by atoms with Crippen LogP contribution in [-0.4, -0.2) is 43.1 Å². The molecular formula is C24H23F2N9. The fourth-order valence-electron chi connectivity index (χ4n) is 4.58. The number of benzene rings is 1. The predicted octanol–water partition coefficient (Wildman–Crippen LogP) is 3.01. The fourth-order valence-corrected chi connectivity index (χ4v) is 4.58. The molecule has 9 nitrogen and oxygen atoms in total. The lowest BCUT2D eigenvalue weighted by atomic mass is 9.87. The Bertz CT molecular complexity index is 1440. The van der Waals surface area contributed by atoms with Crippen LogP contribution in [0.1, 0.15) is 24.8 Å². The number of imidazole rings is 1. The molecule has 0 aliphatic carbocycles. The number of nitrogens with two attached hydrogens (primary N) is 2. The van der Waals surface area contributed by atoms with Gasteiger partial charge in [0.25, 0.3) is 0 Å². The second-order valence-corrected chi connectivity index (χ2v) is 8.85. The first-order valence-corrected chi connectivity index (χ1v) is 11.1. The van der Waals surface area contributed by atoms with Gasteiger partial charge >= 0.3 is 0 Å². The molecule has 1 aliphatic heterocycles. The number of rotatable bonds is 5. The zero-order valence-electron chi connectivity index (χ0n) is 18.8. The number of piperidine rings is 1. The number of hydrogen-bond acceptors (Lipinski definition) is 8. The van der Waals surface area contributed by atoms with Crippen molar-refractivity contribution >= 4 is 22.7 Å². The van der Waals surface area contributed by atoms with Crippen LogP contribution >= 0.6 is 0 Å². The van der Waals surface area contributed by atoms with Crippen LogP contribution in [0.2, 0.25) is 0 Å². The summed E-state index contributed by atoms with van der Waals surface area (Å²) in [4.78, 5) is 19.3. The third-order valence-corrected chi connectivity index (χ3v) is 6.33. The predicted molar refractivity (Wildman–Crippen MR) is 127 cm³/mol. The van der Waals surface area contributed by atoms with Crippen LogP contribution < -0.4 is 16.4 Å². The molecule has 0 saturated carbocycles. The van der Waals surface area contributed by atoms with Gasteiger partial charge in [-0.3, -0.25) is 4.98 Å². The molecule has 0 radical (unpaired) electrons. The zero-order chi connectivity index (χ0) is 24.6. The molecule has 1 aromatic carbocycles. The van der Waals surface area contributed by atoms with Gasteiger partial charge in [0.1, 0.15) is 11.8 Å². The van der Waals surface area contributed by atoms with Crippen molar-refractivity contribution in [3.63, 3.8) is 0 Å². The summed E-state index contributed by atoms with van der Waals surface area (Å²) in [7, 11) is 0. The third-order valence-electron chi connectivity index (χ3n) is 6.33. The molecule has 1 saturated heterocycles. The van der Waals surface area contributed by atoms with E-state index < -0.39 is 17.2 Å². The summed E-state index contributed by atoms with van der Waals surface area (Å²) >= 11 is 0. The summed E-state index contributed by atoms with van der Waals surface area (Å²) in [6.45, 7) is 1.62. The highest BCUT2D eigenvalue weighted by Gasteiger charge is 2.32. The van der Waals surface area contributed by atoms with E-state index in [1.165, 1.54) is 12.4 Å². The Morgan fingerprint density at radius 2 is 1.97 bits per heavy atom. The van der Waals surface area contributed by atoms with Crippen molar-refractivity contribution in [3.8, 4) is 17.3 Å². The number of hydrogen-bond donors (Lipinski definition) is 2. The molecule has 4 N–H and O–H groups in total. The lowest BCUT2D eigenvalue weighted by Crippen LogP contribution is -2.54. The van der Waals surface area contributed by atoms with Crippen molar-refractivity contribution in [2.45, 2.75) is 31.3 Å². The summed E-state index contributed by atoms with van der Waals surface area (Å²) < 4.78 is 29.3. The Balaban J connectivity index is 1.58. The van der Waals surface area contributed by atoms with Crippen molar-refractivity contribution < 1.29 is 8.78 Å². The molecule has 178 valence electrons. The van der Waals surface area contributed by atoms with Gasteiger partial charge in [0, 0.05) is 24.2 Å². The van der Waals surface area contributed by atoms with E-state index >= 15 is 0 Å². The Kier molecular flexibility index (Phi) is 5.74. The smallest absolute Gasteiger partial charge is 0.165 e. The average Bonchev–Trinajstić information content (AvgIpc) is 3.25. The Hall–Kier alpha value is -4.17. The number of nitrogens with zero attached hydrogens (tertiary/aromatic N) is 7. The van der Waals surface area contributed by atoms with Gasteiger partial charge in [-0.1, -0.05) is 0 Å². The molecule has 4 aromatic rings. The molecule has 0 bridgehead atoms. The summed E-state index contributed by atoms with van der Waals surface area (Å²) in [5.41, 5.74) is 15.6. The fraction of sp³-hybridized carbons (Fsp3) is 0.292. The van der Waals surface area contributed by atoms with Gasteiger partial charge in [-0.25, -0.2) is 23.7 Å². The van der Waals surface area contributed by atoms with Crippen molar-refractivity contribution in [2.24, 2.45) is 5.73 Å². The first kappa shape index (κ1) is 22.6. The summed E-state index contributed by atoms with van der Waals surface area (Å²) in [5, 5.41) is 9.24. The normalized spacial score (nSPS) is 18.1. The molecule has 0 amide bonds. The number of pyridine rings is 1. The molecular weight excluding hydrogens is 452 g/mol. The summed E-state index contributed by atoms with van der Waals surface area (Å²) in [5.74, 6) is -1.58. The van der Waals surface area contributed by atoms with E-state index in [0.717, 1.165) is 42.8 Å². The van der Waals surface area contributed by atoms with Crippen molar-refractivity contribution in [1.29, 1.82) is 5.26 Å². The second kappa shape index (κ2) is 8.88. The van der Waals surface area contributed by atoms with Crippen LogP contribution in [0.4, 0.5) is 20.3 Å². The molecule has 0 spiro atoms. The van der Waals surface area contributed by atoms with Crippen LogP contribution in [0.3, 0.4) is 0 Å². The van der Waals surface area contributed by atoms with E-state index in [4.69, 9.17) is 11.5 Å². The minimum atomic E-state index is -0.942. The summed E-state index contributed by atoms with van der Waals surface area (Å²) in [6, 6.07) is 7.73. The Morgan fingerprint density at radius 3 is 2.77 bits per heavy atom. The van der Waals surface area contributed by atoms with Crippen LogP contribution in [0, 0.1) is 23.0 Å². The van der Waals surface area contributed by atoms with Gasteiger partial charge < -0.3 is 20.9 Å². The third kappa shape index (κ3) is 4.36. The lowest BCUT2D eigenvalue weighted by Gasteiger charge is -2.41. The van der Waals surface area contributed by atoms with E-state index in [0.29, 0.717) is 35.5 Å². The topological polar surface area (TPSA) is 136 Å². The van der Waals surface area contributed by atoms with E-state index in [1.54, 1.807) is 12.5 Å². The molecule has 11 heteroatoms. The quantitative estimate of drug-likeness (QED) is 0.450. The van der Waals surface area contributed by atoms with E-state index in [1.807, 2.05) is 10.6 Å². The van der Waals surface area contributed by atoms with Gasteiger partial charge in [-0.05, 0) is 42.7 Å². The van der Waals surface area contributed by atoms with Gasteiger partial charge in [-0.15, -0.1) is 0 Å². The van der Waals surface area contributed by atoms with Crippen LogP contribution in [-0.2, 0) is 6.54 Å². The number of anilines is 2. The maximum Gasteiger partial charge on any atom is 0.165 e. The van der Waals surface area contributed by atoms with E-state index in [9.17, 15) is 14.0 Å². The van der Waals surface area contributed by atoms with Gasteiger partial charge in [-0.2, -0.15) is 5.26 Å². The Morgan fingerprint density at radius 1 is 1.11 bits per heavy atom. The molecule has 4 heterocycles. The molecule has 1 atom stereocenters. The molecule has 1 fully saturated rings. The number of aromatic nitrogens is 5. The van der Waals surface area contributed by atoms with Gasteiger partial charge in [0.05, 0.1) is 42.9 Å². The monoisotopic (exact) mass is 475 g/mol. The molecule has 5 rings (SSSR count).